The third kappa shape index (κ3) is 2.94. The number of rotatable bonds is 5. The first-order chi connectivity index (χ1) is 11.1. The molecule has 0 aliphatic heterocycles. The summed E-state index contributed by atoms with van der Waals surface area (Å²) in [5.74, 6) is 0.243. The topological polar surface area (TPSA) is 54.3 Å². The average Bonchev–Trinajstić information content (AvgIpc) is 2.90. The van der Waals surface area contributed by atoms with Crippen molar-refractivity contribution in [3.63, 3.8) is 0 Å². The molecule has 3 aromatic rings. The highest BCUT2D eigenvalue weighted by Crippen LogP contribution is 2.31. The van der Waals surface area contributed by atoms with Crippen molar-refractivity contribution in [3.8, 4) is 0 Å². The zero-order chi connectivity index (χ0) is 16.4. The Balaban J connectivity index is 1.94. The molecule has 0 aliphatic carbocycles. The number of likely N-dealkylation sites (N-methyl/N-ethyl adjacent to an activating group) is 1. The number of hydrogen-bond acceptors (Lipinski definition) is 3. The molecule has 1 atom stereocenters. The average molecular weight is 310 g/mol. The molecule has 120 valence electrons. The maximum absolute atomic E-state index is 12.4. The zero-order valence-electron chi connectivity index (χ0n) is 13.8. The lowest BCUT2D eigenvalue weighted by molar-refractivity contribution is 0.0924. The number of carbonyl (C=O) groups is 1. The molecule has 2 N–H and O–H groups in total. The summed E-state index contributed by atoms with van der Waals surface area (Å²) in [6, 6.07) is 12.4. The van der Waals surface area contributed by atoms with Crippen LogP contribution in [-0.4, -0.2) is 25.0 Å². The maximum atomic E-state index is 12.4. The van der Waals surface area contributed by atoms with Crippen LogP contribution < -0.4 is 10.6 Å². The van der Waals surface area contributed by atoms with Crippen LogP contribution in [0.4, 0.5) is 0 Å². The maximum Gasteiger partial charge on any atom is 0.287 e. The van der Waals surface area contributed by atoms with Gasteiger partial charge in [-0.05, 0) is 25.8 Å². The Bertz CT molecular complexity index is 851. The summed E-state index contributed by atoms with van der Waals surface area (Å²) in [7, 11) is 0. The minimum atomic E-state index is -0.160. The molecule has 1 amide bonds. The van der Waals surface area contributed by atoms with Crippen molar-refractivity contribution in [2.75, 3.05) is 13.1 Å². The van der Waals surface area contributed by atoms with Gasteiger partial charge in [0.1, 0.15) is 5.58 Å². The molecule has 1 aromatic heterocycles. The molecule has 0 saturated carbocycles. The second kappa shape index (κ2) is 6.42. The van der Waals surface area contributed by atoms with Crippen molar-refractivity contribution in [2.24, 2.45) is 0 Å². The molecule has 0 unspecified atom stereocenters. The van der Waals surface area contributed by atoms with Crippen molar-refractivity contribution in [2.45, 2.75) is 26.8 Å². The van der Waals surface area contributed by atoms with Gasteiger partial charge < -0.3 is 15.1 Å². The Morgan fingerprint density at radius 2 is 1.96 bits per heavy atom. The summed E-state index contributed by atoms with van der Waals surface area (Å²) in [4.78, 5) is 12.4. The first-order valence-electron chi connectivity index (χ1n) is 8.04. The van der Waals surface area contributed by atoms with Crippen molar-refractivity contribution in [1.29, 1.82) is 0 Å². The van der Waals surface area contributed by atoms with Gasteiger partial charge >= 0.3 is 0 Å². The van der Waals surface area contributed by atoms with Crippen molar-refractivity contribution >= 4 is 27.6 Å². The lowest BCUT2D eigenvalue weighted by Gasteiger charge is -2.12. The van der Waals surface area contributed by atoms with E-state index in [-0.39, 0.29) is 11.9 Å². The van der Waals surface area contributed by atoms with Crippen LogP contribution in [0.25, 0.3) is 21.7 Å². The molecule has 4 heteroatoms. The van der Waals surface area contributed by atoms with Crippen LogP contribution in [0.3, 0.4) is 0 Å². The minimum Gasteiger partial charge on any atom is -0.450 e. The zero-order valence-corrected chi connectivity index (χ0v) is 13.8. The van der Waals surface area contributed by atoms with Gasteiger partial charge in [0.05, 0.1) is 0 Å². The highest BCUT2D eigenvalue weighted by molar-refractivity contribution is 6.08. The molecule has 3 rings (SSSR count). The van der Waals surface area contributed by atoms with Crippen molar-refractivity contribution < 1.29 is 9.21 Å². The molecule has 0 fully saturated rings. The third-order valence-corrected chi connectivity index (χ3v) is 4.16. The minimum absolute atomic E-state index is 0.160. The van der Waals surface area contributed by atoms with Gasteiger partial charge in [0.2, 0.25) is 0 Å². The van der Waals surface area contributed by atoms with E-state index in [1.54, 1.807) is 0 Å². The summed E-state index contributed by atoms with van der Waals surface area (Å²) in [5.41, 5.74) is 1.67. The molecular formula is C19H22N2O2. The smallest absolute Gasteiger partial charge is 0.287 e. The number of fused-ring (bicyclic) bond motifs is 3. The largest absolute Gasteiger partial charge is 0.450 e. The third-order valence-electron chi connectivity index (χ3n) is 4.16. The SMILES string of the molecule is CCN[C@H](C)CNC(=O)c1oc2c(ccc3ccccc32)c1C. The number of carbonyl (C=O) groups excluding carboxylic acids is 1. The highest BCUT2D eigenvalue weighted by Gasteiger charge is 2.19. The number of nitrogens with one attached hydrogen (secondary N) is 2. The van der Waals surface area contributed by atoms with Crippen LogP contribution >= 0.6 is 0 Å². The molecule has 4 nitrogen and oxygen atoms in total. The quantitative estimate of drug-likeness (QED) is 0.757. The first kappa shape index (κ1) is 15.6. The molecule has 0 spiro atoms. The second-order valence-corrected chi connectivity index (χ2v) is 5.89. The van der Waals surface area contributed by atoms with E-state index in [0.717, 1.165) is 33.8 Å². The monoisotopic (exact) mass is 310 g/mol. The normalized spacial score (nSPS) is 12.7. The van der Waals surface area contributed by atoms with E-state index >= 15 is 0 Å². The summed E-state index contributed by atoms with van der Waals surface area (Å²) in [6.07, 6.45) is 0. The molecule has 0 aliphatic rings. The standard InChI is InChI=1S/C19H22N2O2/c1-4-20-12(2)11-21-19(22)17-13(3)15-10-9-14-7-5-6-8-16(14)18(15)23-17/h5-10,12,20H,4,11H2,1-3H3,(H,21,22)/t12-/m1/s1. The fourth-order valence-corrected chi connectivity index (χ4v) is 2.91. The number of aryl methyl sites for hydroxylation is 1. The van der Waals surface area contributed by atoms with Crippen LogP contribution in [0.2, 0.25) is 0 Å². The number of benzene rings is 2. The lowest BCUT2D eigenvalue weighted by atomic mass is 10.1. The van der Waals surface area contributed by atoms with E-state index in [0.29, 0.717) is 12.3 Å². The summed E-state index contributed by atoms with van der Waals surface area (Å²) in [5, 5.41) is 9.35. The fourth-order valence-electron chi connectivity index (χ4n) is 2.91. The molecule has 1 heterocycles. The van der Waals surface area contributed by atoms with Crippen LogP contribution in [-0.2, 0) is 0 Å². The molecule has 0 bridgehead atoms. The van der Waals surface area contributed by atoms with Gasteiger partial charge in [0.25, 0.3) is 5.91 Å². The van der Waals surface area contributed by atoms with E-state index in [2.05, 4.69) is 16.7 Å². The lowest BCUT2D eigenvalue weighted by Crippen LogP contribution is -2.38. The van der Waals surface area contributed by atoms with Gasteiger partial charge in [-0.3, -0.25) is 4.79 Å². The molecule has 0 radical (unpaired) electrons. The predicted molar refractivity (Wildman–Crippen MR) is 93.9 cm³/mol. The Kier molecular flexibility index (Phi) is 4.35. The first-order valence-corrected chi connectivity index (χ1v) is 8.04. The summed E-state index contributed by atoms with van der Waals surface area (Å²) < 4.78 is 5.93. The predicted octanol–water partition coefficient (Wildman–Crippen LogP) is 3.62. The van der Waals surface area contributed by atoms with Crippen molar-refractivity contribution in [1.82, 2.24) is 10.6 Å². The molecule has 23 heavy (non-hydrogen) atoms. The van der Waals surface area contributed by atoms with Crippen LogP contribution in [0.5, 0.6) is 0 Å². The van der Waals surface area contributed by atoms with Gasteiger partial charge in [0.15, 0.2) is 5.76 Å². The summed E-state index contributed by atoms with van der Waals surface area (Å²) in [6.45, 7) is 7.48. The van der Waals surface area contributed by atoms with E-state index < -0.39 is 0 Å². The number of furan rings is 1. The molecule has 2 aromatic carbocycles. The van der Waals surface area contributed by atoms with E-state index in [4.69, 9.17) is 4.42 Å². The summed E-state index contributed by atoms with van der Waals surface area (Å²) >= 11 is 0. The number of amides is 1. The second-order valence-electron chi connectivity index (χ2n) is 5.89. The van der Waals surface area contributed by atoms with Crippen LogP contribution in [0.15, 0.2) is 40.8 Å². The van der Waals surface area contributed by atoms with Gasteiger partial charge in [-0.2, -0.15) is 0 Å². The van der Waals surface area contributed by atoms with Gasteiger partial charge in [-0.1, -0.05) is 43.3 Å². The highest BCUT2D eigenvalue weighted by atomic mass is 16.3. The Morgan fingerprint density at radius 1 is 1.17 bits per heavy atom. The van der Waals surface area contributed by atoms with Gasteiger partial charge in [-0.15, -0.1) is 0 Å². The van der Waals surface area contributed by atoms with E-state index in [1.165, 1.54) is 0 Å². The number of hydrogen-bond donors (Lipinski definition) is 2. The Morgan fingerprint density at radius 3 is 2.74 bits per heavy atom. The van der Waals surface area contributed by atoms with Gasteiger partial charge in [0, 0.05) is 28.9 Å². The van der Waals surface area contributed by atoms with Crippen molar-refractivity contribution in [3.05, 3.63) is 47.7 Å². The Labute approximate surface area is 135 Å². The van der Waals surface area contributed by atoms with E-state index in [9.17, 15) is 4.79 Å². The van der Waals surface area contributed by atoms with Crippen LogP contribution in [0, 0.1) is 6.92 Å². The van der Waals surface area contributed by atoms with E-state index in [1.807, 2.05) is 51.1 Å². The van der Waals surface area contributed by atoms with Crippen LogP contribution in [0.1, 0.15) is 30.0 Å². The molecular weight excluding hydrogens is 288 g/mol. The van der Waals surface area contributed by atoms with Gasteiger partial charge in [-0.25, -0.2) is 0 Å². The Hall–Kier alpha value is -2.33. The molecule has 0 saturated heterocycles. The fraction of sp³-hybridized carbons (Fsp3) is 0.316.